The molecule has 1 aromatic carbocycles. The maximum atomic E-state index is 11.8. The molecule has 1 amide bonds. The van der Waals surface area contributed by atoms with Gasteiger partial charge in [0.15, 0.2) is 0 Å². The van der Waals surface area contributed by atoms with Crippen molar-refractivity contribution in [2.75, 3.05) is 20.6 Å². The molecule has 1 N–H and O–H groups in total. The monoisotopic (exact) mass is 326 g/mol. The molecule has 128 valence electrons. The fourth-order valence-corrected chi connectivity index (χ4v) is 2.91. The van der Waals surface area contributed by atoms with E-state index in [2.05, 4.69) is 35.0 Å². The van der Waals surface area contributed by atoms with E-state index in [4.69, 9.17) is 4.98 Å². The number of likely N-dealkylation sites (N-methyl/N-ethyl adjacent to an activating group) is 1. The first-order chi connectivity index (χ1) is 11.6. The van der Waals surface area contributed by atoms with Crippen molar-refractivity contribution in [1.29, 1.82) is 0 Å². The van der Waals surface area contributed by atoms with Gasteiger partial charge in [0.05, 0.1) is 11.0 Å². The molecule has 0 atom stereocenters. The summed E-state index contributed by atoms with van der Waals surface area (Å²) >= 11 is 0. The highest BCUT2D eigenvalue weighted by Gasteiger charge is 2.27. The lowest BCUT2D eigenvalue weighted by atomic mass is 10.2. The lowest BCUT2D eigenvalue weighted by Crippen LogP contribution is -2.21. The number of hydrogen-bond donors (Lipinski definition) is 1. The Hall–Kier alpha value is -2.14. The summed E-state index contributed by atoms with van der Waals surface area (Å²) in [4.78, 5) is 18.6. The molecule has 0 bridgehead atoms. The summed E-state index contributed by atoms with van der Waals surface area (Å²) in [6.07, 6.45) is 6.93. The van der Waals surface area contributed by atoms with Crippen molar-refractivity contribution in [1.82, 2.24) is 19.8 Å². The minimum absolute atomic E-state index is 0.0605. The van der Waals surface area contributed by atoms with Crippen LogP contribution in [0.5, 0.6) is 0 Å². The Bertz CT molecular complexity index is 756. The van der Waals surface area contributed by atoms with E-state index in [1.165, 1.54) is 24.2 Å². The van der Waals surface area contributed by atoms with Crippen molar-refractivity contribution in [2.24, 2.45) is 0 Å². The summed E-state index contributed by atoms with van der Waals surface area (Å²) in [6.45, 7) is 3.44. The quantitative estimate of drug-likeness (QED) is 0.796. The summed E-state index contributed by atoms with van der Waals surface area (Å²) in [6, 6.07) is 6.96. The van der Waals surface area contributed by atoms with Crippen LogP contribution in [0.2, 0.25) is 0 Å². The zero-order valence-electron chi connectivity index (χ0n) is 14.7. The lowest BCUT2D eigenvalue weighted by molar-refractivity contribution is -0.116. The number of fused-ring (bicyclic) bond motifs is 1. The Kier molecular flexibility index (Phi) is 5.00. The van der Waals surface area contributed by atoms with Crippen LogP contribution in [0.3, 0.4) is 0 Å². The fraction of sp³-hybridized carbons (Fsp3) is 0.474. The number of carbonyl (C=O) groups excluding carboxylic acids is 1. The highest BCUT2D eigenvalue weighted by Crippen LogP contribution is 2.38. The first-order valence-electron chi connectivity index (χ1n) is 8.67. The normalized spacial score (nSPS) is 14.8. The number of aryl methyl sites for hydroxylation is 1. The van der Waals surface area contributed by atoms with Crippen molar-refractivity contribution in [3.63, 3.8) is 0 Å². The molecule has 3 rings (SSSR count). The number of hydrogen-bond acceptors (Lipinski definition) is 3. The third-order valence-electron chi connectivity index (χ3n) is 4.26. The smallest absolute Gasteiger partial charge is 0.243 e. The number of rotatable bonds is 7. The third-order valence-corrected chi connectivity index (χ3v) is 4.26. The van der Waals surface area contributed by atoms with Gasteiger partial charge in [-0.1, -0.05) is 19.1 Å². The Balaban J connectivity index is 1.68. The molecule has 24 heavy (non-hydrogen) atoms. The number of amides is 1. The zero-order chi connectivity index (χ0) is 17.1. The van der Waals surface area contributed by atoms with E-state index in [-0.39, 0.29) is 5.91 Å². The van der Waals surface area contributed by atoms with E-state index in [0.29, 0.717) is 12.6 Å². The van der Waals surface area contributed by atoms with Gasteiger partial charge in [0.2, 0.25) is 5.91 Å². The van der Waals surface area contributed by atoms with Gasteiger partial charge >= 0.3 is 0 Å². The highest BCUT2D eigenvalue weighted by atomic mass is 16.1. The zero-order valence-corrected chi connectivity index (χ0v) is 14.7. The van der Waals surface area contributed by atoms with Crippen LogP contribution in [0.4, 0.5) is 0 Å². The molecule has 1 aliphatic rings. The molecule has 1 fully saturated rings. The Morgan fingerprint density at radius 1 is 1.42 bits per heavy atom. The van der Waals surface area contributed by atoms with Gasteiger partial charge in [0.1, 0.15) is 5.82 Å². The number of nitrogens with one attached hydrogen (secondary N) is 1. The molecule has 0 spiro atoms. The van der Waals surface area contributed by atoms with Crippen molar-refractivity contribution in [3.05, 3.63) is 41.7 Å². The molecule has 0 aliphatic heterocycles. The summed E-state index contributed by atoms with van der Waals surface area (Å²) in [5, 5.41) is 2.93. The van der Waals surface area contributed by atoms with Crippen molar-refractivity contribution in [3.8, 4) is 0 Å². The molecule has 5 heteroatoms. The molecule has 1 aromatic heterocycles. The van der Waals surface area contributed by atoms with Crippen LogP contribution in [0, 0.1) is 0 Å². The highest BCUT2D eigenvalue weighted by molar-refractivity contribution is 5.87. The van der Waals surface area contributed by atoms with Crippen molar-refractivity contribution < 1.29 is 4.79 Å². The molecular formula is C19H26N4O. The van der Waals surface area contributed by atoms with Crippen LogP contribution >= 0.6 is 0 Å². The van der Waals surface area contributed by atoms with Gasteiger partial charge in [-0.25, -0.2) is 4.98 Å². The first kappa shape index (κ1) is 16.7. The molecule has 0 saturated heterocycles. The Labute approximate surface area is 143 Å². The minimum Gasteiger partial charge on any atom is -0.348 e. The largest absolute Gasteiger partial charge is 0.348 e. The lowest BCUT2D eigenvalue weighted by Gasteiger charge is -2.07. The SMILES string of the molecule is CCc1nc2cc(CNC(=O)/C=C/CN(C)C)ccc2n1C1CC1. The maximum absolute atomic E-state index is 11.8. The summed E-state index contributed by atoms with van der Waals surface area (Å²) < 4.78 is 2.39. The molecule has 0 unspecified atom stereocenters. The minimum atomic E-state index is -0.0605. The summed E-state index contributed by atoms with van der Waals surface area (Å²) in [7, 11) is 3.95. The third kappa shape index (κ3) is 3.85. The van der Waals surface area contributed by atoms with Gasteiger partial charge in [-0.3, -0.25) is 4.79 Å². The second-order valence-corrected chi connectivity index (χ2v) is 6.69. The molecular weight excluding hydrogens is 300 g/mol. The van der Waals surface area contributed by atoms with Crippen molar-refractivity contribution >= 4 is 16.9 Å². The molecule has 2 aromatic rings. The molecule has 1 saturated carbocycles. The van der Waals surface area contributed by atoms with Gasteiger partial charge in [-0.15, -0.1) is 0 Å². The number of aromatic nitrogens is 2. The average molecular weight is 326 g/mol. The molecule has 0 radical (unpaired) electrons. The van der Waals surface area contributed by atoms with E-state index >= 15 is 0 Å². The maximum Gasteiger partial charge on any atom is 0.243 e. The Morgan fingerprint density at radius 2 is 2.21 bits per heavy atom. The predicted molar refractivity (Wildman–Crippen MR) is 96.9 cm³/mol. The number of carbonyl (C=O) groups is 1. The standard InChI is InChI=1S/C19H26N4O/c1-4-18-21-16-12-14(7-10-17(16)23(18)15-8-9-15)13-20-19(24)6-5-11-22(2)3/h5-7,10,12,15H,4,8-9,11,13H2,1-3H3,(H,20,24)/b6-5+. The molecule has 5 nitrogen and oxygen atoms in total. The summed E-state index contributed by atoms with van der Waals surface area (Å²) in [5.41, 5.74) is 3.34. The van der Waals surface area contributed by atoms with Crippen LogP contribution in [0.25, 0.3) is 11.0 Å². The average Bonchev–Trinajstić information content (AvgIpc) is 3.32. The number of benzene rings is 1. The van der Waals surface area contributed by atoms with E-state index in [1.807, 2.05) is 25.1 Å². The topological polar surface area (TPSA) is 50.2 Å². The van der Waals surface area contributed by atoms with Crippen molar-refractivity contribution in [2.45, 2.75) is 38.8 Å². The van der Waals surface area contributed by atoms with E-state index in [0.717, 1.165) is 24.0 Å². The van der Waals surface area contributed by atoms with Crippen LogP contribution in [-0.2, 0) is 17.8 Å². The number of nitrogens with zero attached hydrogens (tertiary/aromatic N) is 3. The van der Waals surface area contributed by atoms with Gasteiger partial charge < -0.3 is 14.8 Å². The number of imidazole rings is 1. The van der Waals surface area contributed by atoms with Crippen LogP contribution in [-0.4, -0.2) is 41.0 Å². The van der Waals surface area contributed by atoms with Crippen LogP contribution < -0.4 is 5.32 Å². The van der Waals surface area contributed by atoms with Crippen LogP contribution in [0.1, 0.15) is 37.2 Å². The second kappa shape index (κ2) is 7.18. The van der Waals surface area contributed by atoms with Gasteiger partial charge in [0, 0.05) is 31.6 Å². The predicted octanol–water partition coefficient (Wildman–Crippen LogP) is 2.67. The molecule has 1 aliphatic carbocycles. The van der Waals surface area contributed by atoms with Gasteiger partial charge in [-0.05, 0) is 44.6 Å². The van der Waals surface area contributed by atoms with Gasteiger partial charge in [-0.2, -0.15) is 0 Å². The van der Waals surface area contributed by atoms with E-state index < -0.39 is 0 Å². The Morgan fingerprint density at radius 3 is 2.88 bits per heavy atom. The molecule has 1 heterocycles. The first-order valence-corrected chi connectivity index (χ1v) is 8.67. The van der Waals surface area contributed by atoms with Crippen LogP contribution in [0.15, 0.2) is 30.4 Å². The summed E-state index contributed by atoms with van der Waals surface area (Å²) in [5.74, 6) is 1.11. The van der Waals surface area contributed by atoms with Gasteiger partial charge in [0.25, 0.3) is 0 Å². The second-order valence-electron chi connectivity index (χ2n) is 6.69. The van der Waals surface area contributed by atoms with E-state index in [1.54, 1.807) is 6.08 Å². The fourth-order valence-electron chi connectivity index (χ4n) is 2.91. The van der Waals surface area contributed by atoms with E-state index in [9.17, 15) is 4.79 Å².